The SMILES string of the molecule is CC1SCCN(C(=O)c2cccc(NN)c2[N+](=O)[O-])C1C. The summed E-state index contributed by atoms with van der Waals surface area (Å²) in [6.07, 6.45) is 0. The molecule has 0 aliphatic carbocycles. The minimum atomic E-state index is -0.574. The van der Waals surface area contributed by atoms with E-state index in [-0.39, 0.29) is 28.9 Å². The lowest BCUT2D eigenvalue weighted by atomic mass is 10.1. The van der Waals surface area contributed by atoms with Crippen LogP contribution in [0.25, 0.3) is 0 Å². The van der Waals surface area contributed by atoms with Crippen molar-refractivity contribution in [3.05, 3.63) is 33.9 Å². The molecule has 2 unspecified atom stereocenters. The molecule has 1 heterocycles. The number of thioether (sulfide) groups is 1. The van der Waals surface area contributed by atoms with E-state index in [4.69, 9.17) is 5.84 Å². The Hall–Kier alpha value is -1.80. The molecule has 0 aromatic heterocycles. The molecule has 1 aliphatic heterocycles. The number of carbonyl (C=O) groups is 1. The zero-order chi connectivity index (χ0) is 15.6. The minimum Gasteiger partial charge on any atom is -0.334 e. The Morgan fingerprint density at radius 1 is 1.52 bits per heavy atom. The molecular weight excluding hydrogens is 292 g/mol. The van der Waals surface area contributed by atoms with E-state index in [1.807, 2.05) is 6.92 Å². The fourth-order valence-corrected chi connectivity index (χ4v) is 3.50. The topological polar surface area (TPSA) is 102 Å². The lowest BCUT2D eigenvalue weighted by Gasteiger charge is -2.37. The first-order chi connectivity index (χ1) is 9.97. The summed E-state index contributed by atoms with van der Waals surface area (Å²) in [5, 5.41) is 11.6. The van der Waals surface area contributed by atoms with Crippen molar-refractivity contribution in [2.45, 2.75) is 25.1 Å². The summed E-state index contributed by atoms with van der Waals surface area (Å²) in [6.45, 7) is 4.61. The van der Waals surface area contributed by atoms with Gasteiger partial charge in [0.05, 0.1) is 4.92 Å². The number of nitrogens with zero attached hydrogens (tertiary/aromatic N) is 2. The summed E-state index contributed by atoms with van der Waals surface area (Å²) >= 11 is 1.80. The molecule has 0 saturated carbocycles. The number of nitrogen functional groups attached to an aromatic ring is 1. The molecule has 0 radical (unpaired) electrons. The molecule has 0 spiro atoms. The quantitative estimate of drug-likeness (QED) is 0.502. The van der Waals surface area contributed by atoms with Crippen molar-refractivity contribution < 1.29 is 9.72 Å². The predicted molar refractivity (Wildman–Crippen MR) is 83.3 cm³/mol. The van der Waals surface area contributed by atoms with E-state index in [2.05, 4.69) is 12.3 Å². The molecule has 1 saturated heterocycles. The van der Waals surface area contributed by atoms with Crippen LogP contribution in [0.5, 0.6) is 0 Å². The molecule has 1 aliphatic rings. The number of para-hydroxylation sites is 1. The Balaban J connectivity index is 2.41. The molecule has 2 rings (SSSR count). The van der Waals surface area contributed by atoms with Gasteiger partial charge in [0.2, 0.25) is 0 Å². The van der Waals surface area contributed by atoms with E-state index in [1.54, 1.807) is 22.7 Å². The zero-order valence-electron chi connectivity index (χ0n) is 11.9. The van der Waals surface area contributed by atoms with Crippen molar-refractivity contribution in [1.82, 2.24) is 4.90 Å². The van der Waals surface area contributed by atoms with Gasteiger partial charge < -0.3 is 10.3 Å². The van der Waals surface area contributed by atoms with Crippen molar-refractivity contribution >= 4 is 29.0 Å². The number of amides is 1. The lowest BCUT2D eigenvalue weighted by Crippen LogP contribution is -2.48. The monoisotopic (exact) mass is 310 g/mol. The fraction of sp³-hybridized carbons (Fsp3) is 0.462. The third kappa shape index (κ3) is 2.96. The van der Waals surface area contributed by atoms with Crippen molar-refractivity contribution in [3.8, 4) is 0 Å². The smallest absolute Gasteiger partial charge is 0.306 e. The number of benzene rings is 1. The molecule has 8 heteroatoms. The number of nitro benzene ring substituents is 1. The number of nitrogens with one attached hydrogen (secondary N) is 1. The van der Waals surface area contributed by atoms with E-state index in [0.29, 0.717) is 11.8 Å². The van der Waals surface area contributed by atoms with Crippen LogP contribution < -0.4 is 11.3 Å². The summed E-state index contributed by atoms with van der Waals surface area (Å²) < 4.78 is 0. The van der Waals surface area contributed by atoms with Gasteiger partial charge in [-0.05, 0) is 19.1 Å². The van der Waals surface area contributed by atoms with Gasteiger partial charge in [0.1, 0.15) is 11.3 Å². The van der Waals surface area contributed by atoms with Gasteiger partial charge >= 0.3 is 5.69 Å². The Bertz CT molecular complexity index is 566. The number of nitro groups is 1. The lowest BCUT2D eigenvalue weighted by molar-refractivity contribution is -0.384. The van der Waals surface area contributed by atoms with Crippen molar-refractivity contribution in [2.75, 3.05) is 17.7 Å². The Kier molecular flexibility index (Phi) is 4.69. The van der Waals surface area contributed by atoms with Crippen LogP contribution >= 0.6 is 11.8 Å². The number of anilines is 1. The first-order valence-corrected chi connectivity index (χ1v) is 7.68. The van der Waals surface area contributed by atoms with Gasteiger partial charge in [0.15, 0.2) is 0 Å². The Labute approximate surface area is 127 Å². The number of carbonyl (C=O) groups excluding carboxylic acids is 1. The van der Waals surface area contributed by atoms with Crippen LogP contribution in [0.3, 0.4) is 0 Å². The highest BCUT2D eigenvalue weighted by atomic mass is 32.2. The second-order valence-electron chi connectivity index (χ2n) is 4.92. The van der Waals surface area contributed by atoms with Gasteiger partial charge in [0, 0.05) is 23.6 Å². The molecule has 1 aromatic carbocycles. The van der Waals surface area contributed by atoms with E-state index in [0.717, 1.165) is 5.75 Å². The van der Waals surface area contributed by atoms with E-state index < -0.39 is 4.92 Å². The summed E-state index contributed by atoms with van der Waals surface area (Å²) in [7, 11) is 0. The maximum Gasteiger partial charge on any atom is 0.306 e. The highest BCUT2D eigenvalue weighted by molar-refractivity contribution is 8.00. The molecule has 3 N–H and O–H groups in total. The maximum absolute atomic E-state index is 12.7. The standard InChI is InChI=1S/C13H18N4O3S/c1-8-9(2)21-7-6-16(8)13(18)10-4-3-5-11(15-14)12(10)17(19)20/h3-5,8-9,15H,6-7,14H2,1-2H3. The molecule has 2 atom stereocenters. The van der Waals surface area contributed by atoms with Gasteiger partial charge in [-0.25, -0.2) is 0 Å². The van der Waals surface area contributed by atoms with Crippen molar-refractivity contribution in [3.63, 3.8) is 0 Å². The van der Waals surface area contributed by atoms with Crippen LogP contribution in [0.4, 0.5) is 11.4 Å². The van der Waals surface area contributed by atoms with Crippen LogP contribution in [0.15, 0.2) is 18.2 Å². The maximum atomic E-state index is 12.7. The third-order valence-corrected chi connectivity index (χ3v) is 5.09. The average molecular weight is 310 g/mol. The Morgan fingerprint density at radius 2 is 2.24 bits per heavy atom. The van der Waals surface area contributed by atoms with Crippen LogP contribution in [0, 0.1) is 10.1 Å². The van der Waals surface area contributed by atoms with Crippen LogP contribution in [-0.2, 0) is 0 Å². The zero-order valence-corrected chi connectivity index (χ0v) is 12.7. The summed E-state index contributed by atoms with van der Waals surface area (Å²) in [5.41, 5.74) is 2.21. The van der Waals surface area contributed by atoms with E-state index in [9.17, 15) is 14.9 Å². The predicted octanol–water partition coefficient (Wildman–Crippen LogP) is 1.85. The normalized spacial score (nSPS) is 22.0. The largest absolute Gasteiger partial charge is 0.334 e. The summed E-state index contributed by atoms with van der Waals surface area (Å²) in [5.74, 6) is 5.81. The molecule has 21 heavy (non-hydrogen) atoms. The highest BCUT2D eigenvalue weighted by Crippen LogP contribution is 2.31. The van der Waals surface area contributed by atoms with Crippen molar-refractivity contribution in [2.24, 2.45) is 5.84 Å². The number of rotatable bonds is 3. The molecule has 1 amide bonds. The van der Waals surface area contributed by atoms with Crippen LogP contribution in [0.1, 0.15) is 24.2 Å². The number of hydrogen-bond acceptors (Lipinski definition) is 6. The molecule has 1 aromatic rings. The van der Waals surface area contributed by atoms with Crippen LogP contribution in [0.2, 0.25) is 0 Å². The second kappa shape index (κ2) is 6.31. The molecule has 114 valence electrons. The molecule has 1 fully saturated rings. The number of hydrogen-bond donors (Lipinski definition) is 2. The fourth-order valence-electron chi connectivity index (χ4n) is 2.40. The highest BCUT2D eigenvalue weighted by Gasteiger charge is 2.33. The summed E-state index contributed by atoms with van der Waals surface area (Å²) in [4.78, 5) is 25.1. The number of nitrogens with two attached hydrogens (primary N) is 1. The average Bonchev–Trinajstić information content (AvgIpc) is 2.48. The molecule has 0 bridgehead atoms. The first-order valence-electron chi connectivity index (χ1n) is 6.64. The van der Waals surface area contributed by atoms with Gasteiger partial charge in [-0.2, -0.15) is 11.8 Å². The van der Waals surface area contributed by atoms with E-state index in [1.165, 1.54) is 12.1 Å². The van der Waals surface area contributed by atoms with Gasteiger partial charge in [-0.3, -0.25) is 20.8 Å². The molecular formula is C13H18N4O3S. The summed E-state index contributed by atoms with van der Waals surface area (Å²) in [6, 6.07) is 4.57. The van der Waals surface area contributed by atoms with Crippen LogP contribution in [-0.4, -0.2) is 39.3 Å². The number of hydrazine groups is 1. The van der Waals surface area contributed by atoms with Gasteiger partial charge in [-0.1, -0.05) is 13.0 Å². The van der Waals surface area contributed by atoms with Crippen molar-refractivity contribution in [1.29, 1.82) is 0 Å². The minimum absolute atomic E-state index is 0.0327. The third-order valence-electron chi connectivity index (χ3n) is 3.75. The second-order valence-corrected chi connectivity index (χ2v) is 6.40. The van der Waals surface area contributed by atoms with Gasteiger partial charge in [0.25, 0.3) is 5.91 Å². The van der Waals surface area contributed by atoms with E-state index >= 15 is 0 Å². The van der Waals surface area contributed by atoms with Gasteiger partial charge in [-0.15, -0.1) is 0 Å². The molecule has 7 nitrogen and oxygen atoms in total. The Morgan fingerprint density at radius 3 is 2.86 bits per heavy atom. The first kappa shape index (κ1) is 15.6.